The third-order valence-corrected chi connectivity index (χ3v) is 5.02. The molecule has 1 fully saturated rings. The van der Waals surface area contributed by atoms with Crippen molar-refractivity contribution in [3.63, 3.8) is 0 Å². The van der Waals surface area contributed by atoms with E-state index < -0.39 is 5.60 Å². The maximum atomic E-state index is 12.9. The lowest BCUT2D eigenvalue weighted by Gasteiger charge is -2.40. The Morgan fingerprint density at radius 3 is 2.81 bits per heavy atom. The zero-order valence-electron chi connectivity index (χ0n) is 15.9. The van der Waals surface area contributed by atoms with Crippen LogP contribution in [0.4, 0.5) is 0 Å². The number of hydrogen-bond acceptors (Lipinski definition) is 5. The molecule has 144 valence electrons. The molecule has 2 aromatic rings. The van der Waals surface area contributed by atoms with Crippen LogP contribution in [0.2, 0.25) is 0 Å². The van der Waals surface area contributed by atoms with E-state index in [0.717, 1.165) is 31.5 Å². The Bertz CT molecular complexity index is 725. The van der Waals surface area contributed by atoms with Crippen LogP contribution in [-0.2, 0) is 17.8 Å². The fourth-order valence-electron chi connectivity index (χ4n) is 3.73. The number of benzene rings is 1. The van der Waals surface area contributed by atoms with Gasteiger partial charge in [-0.15, -0.1) is 0 Å². The molecule has 3 rings (SSSR count). The van der Waals surface area contributed by atoms with Gasteiger partial charge in [0, 0.05) is 44.8 Å². The Labute approximate surface area is 160 Å². The van der Waals surface area contributed by atoms with Gasteiger partial charge in [0.1, 0.15) is 0 Å². The number of aromatic nitrogens is 2. The lowest BCUT2D eigenvalue weighted by Crippen LogP contribution is -2.58. The zero-order chi connectivity index (χ0) is 19.1. The number of amides is 1. The van der Waals surface area contributed by atoms with Crippen LogP contribution in [0.25, 0.3) is 0 Å². The molecule has 1 saturated heterocycles. The molecule has 0 saturated carbocycles. The lowest BCUT2D eigenvalue weighted by molar-refractivity contribution is -0.159. The monoisotopic (exact) mass is 368 g/mol. The summed E-state index contributed by atoms with van der Waals surface area (Å²) in [6.07, 6.45) is 8.17. The van der Waals surface area contributed by atoms with E-state index in [1.54, 1.807) is 18.6 Å². The van der Waals surface area contributed by atoms with Crippen molar-refractivity contribution in [2.45, 2.75) is 37.8 Å². The van der Waals surface area contributed by atoms with Gasteiger partial charge in [0.25, 0.3) is 5.91 Å². The van der Waals surface area contributed by atoms with Crippen molar-refractivity contribution in [3.05, 3.63) is 60.2 Å². The van der Waals surface area contributed by atoms with Gasteiger partial charge in [0.05, 0.1) is 5.69 Å². The summed E-state index contributed by atoms with van der Waals surface area (Å²) < 4.78 is 0. The van der Waals surface area contributed by atoms with Crippen molar-refractivity contribution in [2.75, 3.05) is 26.7 Å². The van der Waals surface area contributed by atoms with Gasteiger partial charge in [0.15, 0.2) is 5.60 Å². The molecule has 0 radical (unpaired) electrons. The van der Waals surface area contributed by atoms with Crippen molar-refractivity contribution in [3.8, 4) is 0 Å². The largest absolute Gasteiger partial charge is 0.379 e. The highest BCUT2D eigenvalue weighted by Crippen LogP contribution is 2.24. The SMILES string of the molecule is CN(Cc1cnccn1)C[C@]1(O)CCCN(CCCc2ccccc2)C1=O. The van der Waals surface area contributed by atoms with Crippen molar-refractivity contribution >= 4 is 5.91 Å². The van der Waals surface area contributed by atoms with Gasteiger partial charge in [0.2, 0.25) is 0 Å². The molecule has 0 unspecified atom stereocenters. The molecule has 6 nitrogen and oxygen atoms in total. The van der Waals surface area contributed by atoms with E-state index in [4.69, 9.17) is 0 Å². The molecule has 1 N–H and O–H groups in total. The van der Waals surface area contributed by atoms with Crippen molar-refractivity contribution in [1.82, 2.24) is 19.8 Å². The molecule has 27 heavy (non-hydrogen) atoms. The molecule has 1 aliphatic heterocycles. The number of likely N-dealkylation sites (tertiary alicyclic amines) is 1. The summed E-state index contributed by atoms with van der Waals surface area (Å²) in [5, 5.41) is 11.0. The first-order valence-electron chi connectivity index (χ1n) is 9.56. The number of piperidine rings is 1. The third kappa shape index (κ3) is 5.34. The predicted molar refractivity (Wildman–Crippen MR) is 104 cm³/mol. The molecular weight excluding hydrogens is 340 g/mol. The molecule has 1 aromatic heterocycles. The van der Waals surface area contributed by atoms with Gasteiger partial charge in [-0.25, -0.2) is 0 Å². The highest BCUT2D eigenvalue weighted by molar-refractivity contribution is 5.86. The summed E-state index contributed by atoms with van der Waals surface area (Å²) >= 11 is 0. The average Bonchev–Trinajstić information content (AvgIpc) is 2.67. The van der Waals surface area contributed by atoms with E-state index in [-0.39, 0.29) is 5.91 Å². The summed E-state index contributed by atoms with van der Waals surface area (Å²) in [5.41, 5.74) is 0.787. The minimum atomic E-state index is -1.32. The standard InChI is InChI=1S/C21H28N4O2/c1-24(16-19-15-22-11-12-23-19)17-21(27)10-6-14-25(20(21)26)13-5-9-18-7-3-2-4-8-18/h2-4,7-8,11-12,15,27H,5-6,9-10,13-14,16-17H2,1H3/t21-/m1/s1. The molecular formula is C21H28N4O2. The van der Waals surface area contributed by atoms with E-state index in [2.05, 4.69) is 22.1 Å². The predicted octanol–water partition coefficient (Wildman–Crippen LogP) is 1.89. The lowest BCUT2D eigenvalue weighted by atomic mass is 9.91. The normalized spacial score (nSPS) is 20.3. The zero-order valence-corrected chi connectivity index (χ0v) is 15.9. The summed E-state index contributed by atoms with van der Waals surface area (Å²) in [5.74, 6) is -0.146. The first kappa shape index (κ1) is 19.5. The second kappa shape index (κ2) is 9.06. The quantitative estimate of drug-likeness (QED) is 0.771. The fourth-order valence-corrected chi connectivity index (χ4v) is 3.73. The molecule has 2 heterocycles. The Morgan fingerprint density at radius 1 is 1.26 bits per heavy atom. The van der Waals surface area contributed by atoms with Crippen molar-refractivity contribution < 1.29 is 9.90 Å². The first-order chi connectivity index (χ1) is 13.1. The topological polar surface area (TPSA) is 69.6 Å². The highest BCUT2D eigenvalue weighted by atomic mass is 16.3. The van der Waals surface area contributed by atoms with E-state index in [9.17, 15) is 9.90 Å². The smallest absolute Gasteiger partial charge is 0.255 e. The molecule has 0 bridgehead atoms. The van der Waals surface area contributed by atoms with E-state index in [1.807, 2.05) is 35.0 Å². The molecule has 6 heteroatoms. The summed E-state index contributed by atoms with van der Waals surface area (Å²) in [4.78, 5) is 25.0. The van der Waals surface area contributed by atoms with Gasteiger partial charge in [-0.1, -0.05) is 30.3 Å². The molecule has 1 aromatic carbocycles. The summed E-state index contributed by atoms with van der Waals surface area (Å²) in [6.45, 7) is 2.27. The molecule has 0 spiro atoms. The number of likely N-dealkylation sites (N-methyl/N-ethyl adjacent to an activating group) is 1. The molecule has 1 aliphatic rings. The van der Waals surface area contributed by atoms with Crippen LogP contribution in [0.3, 0.4) is 0 Å². The van der Waals surface area contributed by atoms with Crippen LogP contribution in [0.5, 0.6) is 0 Å². The average molecular weight is 368 g/mol. The van der Waals surface area contributed by atoms with Gasteiger partial charge in [-0.2, -0.15) is 0 Å². The molecule has 1 amide bonds. The van der Waals surface area contributed by atoms with Crippen molar-refractivity contribution in [1.29, 1.82) is 0 Å². The van der Waals surface area contributed by atoms with Crippen LogP contribution >= 0.6 is 0 Å². The molecule has 1 atom stereocenters. The number of rotatable bonds is 8. The van der Waals surface area contributed by atoms with E-state index in [0.29, 0.717) is 26.1 Å². The maximum Gasteiger partial charge on any atom is 0.255 e. The number of carbonyl (C=O) groups excluding carboxylic acids is 1. The second-order valence-corrected chi connectivity index (χ2v) is 7.39. The first-order valence-corrected chi connectivity index (χ1v) is 9.56. The van der Waals surface area contributed by atoms with Crippen LogP contribution in [0, 0.1) is 0 Å². The maximum absolute atomic E-state index is 12.9. The van der Waals surface area contributed by atoms with Crippen LogP contribution in [0.1, 0.15) is 30.5 Å². The minimum absolute atomic E-state index is 0.146. The highest BCUT2D eigenvalue weighted by Gasteiger charge is 2.42. The number of aryl methyl sites for hydroxylation is 1. The number of nitrogens with zero attached hydrogens (tertiary/aromatic N) is 4. The van der Waals surface area contributed by atoms with Crippen LogP contribution in [-0.4, -0.2) is 63.1 Å². The second-order valence-electron chi connectivity index (χ2n) is 7.39. The fraction of sp³-hybridized carbons (Fsp3) is 0.476. The van der Waals surface area contributed by atoms with E-state index >= 15 is 0 Å². The van der Waals surface area contributed by atoms with Gasteiger partial charge >= 0.3 is 0 Å². The third-order valence-electron chi connectivity index (χ3n) is 5.02. The van der Waals surface area contributed by atoms with Crippen LogP contribution in [0.15, 0.2) is 48.9 Å². The Hall–Kier alpha value is -2.31. The summed E-state index contributed by atoms with van der Waals surface area (Å²) in [6, 6.07) is 10.3. The van der Waals surface area contributed by atoms with Crippen LogP contribution < -0.4 is 0 Å². The minimum Gasteiger partial charge on any atom is -0.379 e. The van der Waals surface area contributed by atoms with Gasteiger partial charge in [-0.3, -0.25) is 19.7 Å². The van der Waals surface area contributed by atoms with E-state index in [1.165, 1.54) is 5.56 Å². The Morgan fingerprint density at radius 2 is 2.07 bits per heavy atom. The number of carbonyl (C=O) groups is 1. The number of aliphatic hydroxyl groups is 1. The van der Waals surface area contributed by atoms with Crippen molar-refractivity contribution in [2.24, 2.45) is 0 Å². The van der Waals surface area contributed by atoms with Gasteiger partial charge in [-0.05, 0) is 38.3 Å². The number of hydrogen-bond donors (Lipinski definition) is 1. The Kier molecular flexibility index (Phi) is 6.53. The Balaban J connectivity index is 1.53. The van der Waals surface area contributed by atoms with Gasteiger partial charge < -0.3 is 10.0 Å². The molecule has 0 aliphatic carbocycles. The summed E-state index contributed by atoms with van der Waals surface area (Å²) in [7, 11) is 1.90.